The van der Waals surface area contributed by atoms with Crippen molar-refractivity contribution in [3.8, 4) is 0 Å². The zero-order valence-electron chi connectivity index (χ0n) is 7.71. The fraction of sp³-hybridized carbons (Fsp3) is 1.00. The molecule has 0 spiro atoms. The van der Waals surface area contributed by atoms with Crippen LogP contribution in [0.5, 0.6) is 0 Å². The Labute approximate surface area is 69.8 Å². The van der Waals surface area contributed by atoms with Crippen LogP contribution in [0.2, 0.25) is 0 Å². The van der Waals surface area contributed by atoms with Crippen LogP contribution in [0.3, 0.4) is 0 Å². The highest BCUT2D eigenvalue weighted by Gasteiger charge is 2.29. The van der Waals surface area contributed by atoms with Crippen LogP contribution in [0.4, 0.5) is 0 Å². The first-order valence-electron chi connectivity index (χ1n) is 4.66. The summed E-state index contributed by atoms with van der Waals surface area (Å²) >= 11 is 0. The summed E-state index contributed by atoms with van der Waals surface area (Å²) in [4.78, 5) is 2.44. The zero-order valence-corrected chi connectivity index (χ0v) is 7.71. The lowest BCUT2D eigenvalue weighted by atomic mass is 10.2. The molecule has 0 aliphatic heterocycles. The number of hydrogen-bond donors (Lipinski definition) is 1. The molecule has 1 aliphatic carbocycles. The van der Waals surface area contributed by atoms with Gasteiger partial charge in [-0.3, -0.25) is 0 Å². The molecule has 0 aromatic carbocycles. The molecule has 1 rings (SSSR count). The fourth-order valence-corrected chi connectivity index (χ4v) is 1.48. The lowest BCUT2D eigenvalue weighted by Gasteiger charge is -2.23. The maximum absolute atomic E-state index is 5.44. The van der Waals surface area contributed by atoms with E-state index in [1.807, 2.05) is 0 Å². The number of rotatable bonds is 5. The Morgan fingerprint density at radius 1 is 1.55 bits per heavy atom. The summed E-state index contributed by atoms with van der Waals surface area (Å²) in [6.07, 6.45) is 4.01. The van der Waals surface area contributed by atoms with Gasteiger partial charge in [-0.1, -0.05) is 0 Å². The summed E-state index contributed by atoms with van der Waals surface area (Å²) in [7, 11) is 2.21. The maximum Gasteiger partial charge on any atom is 0.00921 e. The molecule has 2 heteroatoms. The molecule has 0 heterocycles. The Bertz CT molecular complexity index is 110. The highest BCUT2D eigenvalue weighted by molar-refractivity contribution is 4.83. The third kappa shape index (κ3) is 2.80. The molecule has 0 aromatic rings. The number of nitrogens with two attached hydrogens (primary N) is 1. The molecule has 2 N–H and O–H groups in total. The Morgan fingerprint density at radius 2 is 2.18 bits per heavy atom. The normalized spacial score (nSPS) is 20.7. The predicted octanol–water partition coefficient (Wildman–Crippen LogP) is 1.07. The quantitative estimate of drug-likeness (QED) is 0.645. The summed E-state index contributed by atoms with van der Waals surface area (Å²) in [5.41, 5.74) is 5.44. The van der Waals surface area contributed by atoms with Gasteiger partial charge in [0.05, 0.1) is 0 Å². The molecular formula is C9H20N2. The van der Waals surface area contributed by atoms with Crippen molar-refractivity contribution in [2.24, 2.45) is 11.7 Å². The second kappa shape index (κ2) is 4.07. The number of hydrogen-bond acceptors (Lipinski definition) is 2. The van der Waals surface area contributed by atoms with Crippen molar-refractivity contribution in [2.45, 2.75) is 32.2 Å². The van der Waals surface area contributed by atoms with Crippen molar-refractivity contribution >= 4 is 0 Å². The van der Waals surface area contributed by atoms with Crippen LogP contribution in [-0.4, -0.2) is 31.1 Å². The average Bonchev–Trinajstić information content (AvgIpc) is 2.81. The molecule has 11 heavy (non-hydrogen) atoms. The molecule has 1 aliphatic rings. The van der Waals surface area contributed by atoms with Gasteiger partial charge in [0, 0.05) is 6.04 Å². The van der Waals surface area contributed by atoms with Gasteiger partial charge in [0.15, 0.2) is 0 Å². The molecule has 0 radical (unpaired) electrons. The van der Waals surface area contributed by atoms with Crippen molar-refractivity contribution in [1.29, 1.82) is 0 Å². The van der Waals surface area contributed by atoms with Crippen LogP contribution in [0.1, 0.15) is 26.2 Å². The topological polar surface area (TPSA) is 29.3 Å². The smallest absolute Gasteiger partial charge is 0.00921 e. The second-order valence-corrected chi connectivity index (χ2v) is 3.70. The van der Waals surface area contributed by atoms with E-state index in [0.29, 0.717) is 0 Å². The van der Waals surface area contributed by atoms with Gasteiger partial charge >= 0.3 is 0 Å². The SMILES string of the molecule is CC(C1CC1)N(C)CCCN. The van der Waals surface area contributed by atoms with Crippen molar-refractivity contribution < 1.29 is 0 Å². The monoisotopic (exact) mass is 156 g/mol. The maximum atomic E-state index is 5.44. The lowest BCUT2D eigenvalue weighted by Crippen LogP contribution is -2.32. The van der Waals surface area contributed by atoms with Crippen LogP contribution in [0.15, 0.2) is 0 Å². The molecule has 0 saturated heterocycles. The van der Waals surface area contributed by atoms with Gasteiger partial charge in [-0.05, 0) is 52.2 Å². The van der Waals surface area contributed by atoms with E-state index in [1.165, 1.54) is 12.8 Å². The highest BCUT2D eigenvalue weighted by Crippen LogP contribution is 2.34. The molecule has 0 bridgehead atoms. The molecular weight excluding hydrogens is 136 g/mol. The minimum absolute atomic E-state index is 0.779. The number of nitrogens with zero attached hydrogens (tertiary/aromatic N) is 1. The van der Waals surface area contributed by atoms with Gasteiger partial charge in [-0.15, -0.1) is 0 Å². The van der Waals surface area contributed by atoms with E-state index >= 15 is 0 Å². The minimum Gasteiger partial charge on any atom is -0.330 e. The highest BCUT2D eigenvalue weighted by atomic mass is 15.1. The first-order chi connectivity index (χ1) is 5.25. The molecule has 0 aromatic heterocycles. The summed E-state index contributed by atoms with van der Waals surface area (Å²) in [6.45, 7) is 4.31. The van der Waals surface area contributed by atoms with Crippen molar-refractivity contribution in [2.75, 3.05) is 20.1 Å². The van der Waals surface area contributed by atoms with E-state index in [0.717, 1.165) is 31.5 Å². The molecule has 0 amide bonds. The third-order valence-corrected chi connectivity index (χ3v) is 2.71. The van der Waals surface area contributed by atoms with Gasteiger partial charge < -0.3 is 10.6 Å². The summed E-state index contributed by atoms with van der Waals surface area (Å²) in [5, 5.41) is 0. The first kappa shape index (κ1) is 9.01. The van der Waals surface area contributed by atoms with E-state index in [1.54, 1.807) is 0 Å². The average molecular weight is 156 g/mol. The van der Waals surface area contributed by atoms with Crippen LogP contribution in [0.25, 0.3) is 0 Å². The van der Waals surface area contributed by atoms with Crippen molar-refractivity contribution in [3.63, 3.8) is 0 Å². The van der Waals surface area contributed by atoms with E-state index in [9.17, 15) is 0 Å². The van der Waals surface area contributed by atoms with E-state index in [2.05, 4.69) is 18.9 Å². The summed E-state index contributed by atoms with van der Waals surface area (Å²) < 4.78 is 0. The Balaban J connectivity index is 2.11. The minimum atomic E-state index is 0.779. The molecule has 1 fully saturated rings. The van der Waals surface area contributed by atoms with E-state index in [4.69, 9.17) is 5.73 Å². The lowest BCUT2D eigenvalue weighted by molar-refractivity contribution is 0.233. The van der Waals surface area contributed by atoms with Gasteiger partial charge in [-0.25, -0.2) is 0 Å². The zero-order chi connectivity index (χ0) is 8.27. The van der Waals surface area contributed by atoms with Gasteiger partial charge in [0.25, 0.3) is 0 Å². The Kier molecular flexibility index (Phi) is 3.34. The first-order valence-corrected chi connectivity index (χ1v) is 4.66. The molecule has 1 unspecified atom stereocenters. The Morgan fingerprint density at radius 3 is 2.64 bits per heavy atom. The molecule has 1 saturated carbocycles. The van der Waals surface area contributed by atoms with Crippen molar-refractivity contribution in [3.05, 3.63) is 0 Å². The summed E-state index contributed by atoms with van der Waals surface area (Å²) in [5.74, 6) is 0.984. The van der Waals surface area contributed by atoms with Crippen LogP contribution >= 0.6 is 0 Å². The molecule has 66 valence electrons. The van der Waals surface area contributed by atoms with E-state index < -0.39 is 0 Å². The molecule has 2 nitrogen and oxygen atoms in total. The Hall–Kier alpha value is -0.0800. The van der Waals surface area contributed by atoms with Crippen LogP contribution in [0, 0.1) is 5.92 Å². The van der Waals surface area contributed by atoms with Crippen LogP contribution < -0.4 is 5.73 Å². The second-order valence-electron chi connectivity index (χ2n) is 3.70. The third-order valence-electron chi connectivity index (χ3n) is 2.71. The fourth-order valence-electron chi connectivity index (χ4n) is 1.48. The largest absolute Gasteiger partial charge is 0.330 e. The van der Waals surface area contributed by atoms with Gasteiger partial charge in [-0.2, -0.15) is 0 Å². The van der Waals surface area contributed by atoms with E-state index in [-0.39, 0.29) is 0 Å². The van der Waals surface area contributed by atoms with Gasteiger partial charge in [0.1, 0.15) is 0 Å². The van der Waals surface area contributed by atoms with Crippen LogP contribution in [-0.2, 0) is 0 Å². The molecule has 1 atom stereocenters. The van der Waals surface area contributed by atoms with Crippen molar-refractivity contribution in [1.82, 2.24) is 4.90 Å². The summed E-state index contributed by atoms with van der Waals surface area (Å²) in [6, 6.07) is 0.779. The van der Waals surface area contributed by atoms with Gasteiger partial charge in [0.2, 0.25) is 0 Å². The standard InChI is InChI=1S/C9H20N2/c1-8(9-4-5-9)11(2)7-3-6-10/h8-9H,3-7,10H2,1-2H3. The predicted molar refractivity (Wildman–Crippen MR) is 48.5 cm³/mol.